The zero-order valence-corrected chi connectivity index (χ0v) is 8.22. The molecule has 0 unspecified atom stereocenters. The Morgan fingerprint density at radius 1 is 1.50 bits per heavy atom. The van der Waals surface area contributed by atoms with Crippen molar-refractivity contribution in [3.8, 4) is 0 Å². The van der Waals surface area contributed by atoms with E-state index in [1.165, 1.54) is 0 Å². The van der Waals surface area contributed by atoms with Crippen molar-refractivity contribution in [2.45, 2.75) is 36.6 Å². The number of aliphatic carboxylic acids is 1. The average Bonchev–Trinajstić information content (AvgIpc) is 2.22. The van der Waals surface area contributed by atoms with E-state index in [1.54, 1.807) is 0 Å². The first-order valence-corrected chi connectivity index (χ1v) is 4.60. The predicted molar refractivity (Wildman–Crippen MR) is 47.2 cm³/mol. The van der Waals surface area contributed by atoms with E-state index in [0.717, 1.165) is 0 Å². The van der Waals surface area contributed by atoms with Gasteiger partial charge in [-0.1, -0.05) is 0 Å². The molecule has 5 atom stereocenters. The minimum Gasteiger partial charge on any atom is -0.477 e. The first-order chi connectivity index (χ1) is 7.31. The van der Waals surface area contributed by atoms with Gasteiger partial charge in [0.1, 0.15) is 18.3 Å². The lowest BCUT2D eigenvalue weighted by atomic mass is 9.93. The number of hydrogen-bond donors (Lipinski definition) is 6. The van der Waals surface area contributed by atoms with Crippen molar-refractivity contribution >= 4 is 5.97 Å². The normalized spacial score (nSPS) is 41.7. The van der Waals surface area contributed by atoms with Crippen LogP contribution in [0.25, 0.3) is 0 Å². The number of carboxylic acids is 1. The topological polar surface area (TPSA) is 148 Å². The first-order valence-electron chi connectivity index (χ1n) is 4.60. The fraction of sp³-hybridized carbons (Fsp3) is 0.875. The third-order valence-electron chi connectivity index (χ3n) is 2.45. The van der Waals surface area contributed by atoms with E-state index >= 15 is 0 Å². The zero-order valence-electron chi connectivity index (χ0n) is 8.22. The Morgan fingerprint density at radius 2 is 2.06 bits per heavy atom. The molecule has 8 nitrogen and oxygen atoms in total. The summed E-state index contributed by atoms with van der Waals surface area (Å²) in [4.78, 5) is 10.7. The summed E-state index contributed by atoms with van der Waals surface area (Å²) in [7, 11) is 0. The molecule has 0 aliphatic carbocycles. The second-order valence-corrected chi connectivity index (χ2v) is 3.68. The van der Waals surface area contributed by atoms with Gasteiger partial charge in [0.2, 0.25) is 0 Å². The van der Waals surface area contributed by atoms with Gasteiger partial charge in [0.15, 0.2) is 0 Å². The molecule has 0 aromatic carbocycles. The van der Waals surface area contributed by atoms with Gasteiger partial charge in [-0.15, -0.1) is 0 Å². The van der Waals surface area contributed by atoms with Gasteiger partial charge in [0.25, 0.3) is 5.79 Å². The largest absolute Gasteiger partial charge is 0.477 e. The molecule has 6 N–H and O–H groups in total. The van der Waals surface area contributed by atoms with Crippen molar-refractivity contribution in [2.75, 3.05) is 6.61 Å². The molecule has 94 valence electrons. The van der Waals surface area contributed by atoms with Crippen molar-refractivity contribution in [3.63, 3.8) is 0 Å². The van der Waals surface area contributed by atoms with Crippen LogP contribution in [0.2, 0.25) is 0 Å². The molecule has 0 radical (unpaired) electrons. The Morgan fingerprint density at radius 3 is 2.50 bits per heavy atom. The molecular formula is C8H14O8. The predicted octanol–water partition coefficient (Wildman–Crippen LogP) is -3.38. The van der Waals surface area contributed by atoms with Gasteiger partial charge in [0, 0.05) is 6.42 Å². The standard InChI is InChI=1S/C8H14O8/c9-2-4(11)6-5(12)3(10)1-8(15,16-6)7(13)14/h3-6,9-12,15H,1-2H2,(H,13,14)/t3-,4-,5-,6+,8-/m0/s1. The second kappa shape index (κ2) is 4.62. The third kappa shape index (κ3) is 2.32. The molecule has 0 spiro atoms. The summed E-state index contributed by atoms with van der Waals surface area (Å²) >= 11 is 0. The molecule has 0 bridgehead atoms. The lowest BCUT2D eigenvalue weighted by Gasteiger charge is -2.41. The van der Waals surface area contributed by atoms with Crippen LogP contribution in [-0.2, 0) is 9.53 Å². The molecule has 8 heteroatoms. The number of carboxylic acid groups (broad SMARTS) is 1. The van der Waals surface area contributed by atoms with Gasteiger partial charge < -0.3 is 35.4 Å². The maximum atomic E-state index is 10.7. The van der Waals surface area contributed by atoms with Crippen LogP contribution in [0, 0.1) is 0 Å². The molecular weight excluding hydrogens is 224 g/mol. The Hall–Kier alpha value is -0.770. The van der Waals surface area contributed by atoms with Crippen LogP contribution in [0.4, 0.5) is 0 Å². The molecule has 0 amide bonds. The Kier molecular flexibility index (Phi) is 3.84. The Labute approximate surface area is 90.3 Å². The van der Waals surface area contributed by atoms with Crippen molar-refractivity contribution in [2.24, 2.45) is 0 Å². The summed E-state index contributed by atoms with van der Waals surface area (Å²) in [6.07, 6.45) is -7.05. The highest BCUT2D eigenvalue weighted by Gasteiger charge is 2.52. The number of ether oxygens (including phenoxy) is 1. The van der Waals surface area contributed by atoms with Crippen LogP contribution in [0.1, 0.15) is 6.42 Å². The lowest BCUT2D eigenvalue weighted by Crippen LogP contribution is -2.61. The van der Waals surface area contributed by atoms with E-state index in [-0.39, 0.29) is 0 Å². The van der Waals surface area contributed by atoms with Crippen LogP contribution in [0.5, 0.6) is 0 Å². The maximum Gasteiger partial charge on any atom is 0.364 e. The van der Waals surface area contributed by atoms with E-state index in [9.17, 15) is 25.2 Å². The minimum absolute atomic E-state index is 0.724. The van der Waals surface area contributed by atoms with Gasteiger partial charge in [-0.05, 0) is 0 Å². The van der Waals surface area contributed by atoms with Gasteiger partial charge >= 0.3 is 5.97 Å². The summed E-state index contributed by atoms with van der Waals surface area (Å²) in [6, 6.07) is 0. The number of rotatable bonds is 3. The quantitative estimate of drug-likeness (QED) is 0.298. The molecule has 1 heterocycles. The summed E-state index contributed by atoms with van der Waals surface area (Å²) < 4.78 is 4.61. The van der Waals surface area contributed by atoms with Crippen LogP contribution < -0.4 is 0 Å². The van der Waals surface area contributed by atoms with E-state index in [4.69, 9.17) is 10.2 Å². The van der Waals surface area contributed by atoms with E-state index in [2.05, 4.69) is 4.74 Å². The molecule has 1 rings (SSSR count). The van der Waals surface area contributed by atoms with Gasteiger partial charge in [-0.2, -0.15) is 0 Å². The average molecular weight is 238 g/mol. The highest BCUT2D eigenvalue weighted by Crippen LogP contribution is 2.29. The number of carbonyl (C=O) groups is 1. The molecule has 1 saturated heterocycles. The summed E-state index contributed by atoms with van der Waals surface area (Å²) in [5, 5.41) is 54.7. The van der Waals surface area contributed by atoms with Crippen molar-refractivity contribution in [1.82, 2.24) is 0 Å². The molecule has 1 aliphatic heterocycles. The second-order valence-electron chi connectivity index (χ2n) is 3.68. The first kappa shape index (κ1) is 13.3. The zero-order chi connectivity index (χ0) is 12.5. The van der Waals surface area contributed by atoms with E-state index < -0.39 is 49.2 Å². The van der Waals surface area contributed by atoms with Crippen LogP contribution in [0.3, 0.4) is 0 Å². The van der Waals surface area contributed by atoms with Crippen molar-refractivity contribution in [1.29, 1.82) is 0 Å². The molecule has 1 fully saturated rings. The van der Waals surface area contributed by atoms with Gasteiger partial charge in [0.05, 0.1) is 12.7 Å². The maximum absolute atomic E-state index is 10.7. The Bertz CT molecular complexity index is 269. The van der Waals surface area contributed by atoms with Crippen LogP contribution in [0.15, 0.2) is 0 Å². The summed E-state index contributed by atoms with van der Waals surface area (Å²) in [5.41, 5.74) is 0. The van der Waals surface area contributed by atoms with Crippen molar-refractivity contribution in [3.05, 3.63) is 0 Å². The van der Waals surface area contributed by atoms with Crippen LogP contribution >= 0.6 is 0 Å². The molecule has 0 saturated carbocycles. The Balaban J connectivity index is 2.89. The number of hydrogen-bond acceptors (Lipinski definition) is 7. The SMILES string of the molecule is O=C(O)[C@]1(O)C[C@H](O)[C@H](O)[C@@H]([C@@H](O)CO)O1. The molecule has 16 heavy (non-hydrogen) atoms. The minimum atomic E-state index is -2.68. The highest BCUT2D eigenvalue weighted by molar-refractivity contribution is 5.75. The van der Waals surface area contributed by atoms with Gasteiger partial charge in [-0.3, -0.25) is 0 Å². The lowest BCUT2D eigenvalue weighted by molar-refractivity contribution is -0.308. The van der Waals surface area contributed by atoms with Crippen molar-refractivity contribution < 1.29 is 40.2 Å². The number of aliphatic hydroxyl groups excluding tert-OH is 4. The number of aliphatic hydroxyl groups is 5. The molecule has 0 aromatic heterocycles. The highest BCUT2D eigenvalue weighted by atomic mass is 16.7. The van der Waals surface area contributed by atoms with Crippen LogP contribution in [-0.4, -0.2) is 73.4 Å². The summed E-state index contributed by atoms with van der Waals surface area (Å²) in [6.45, 7) is -0.801. The third-order valence-corrected chi connectivity index (χ3v) is 2.45. The van der Waals surface area contributed by atoms with Gasteiger partial charge in [-0.25, -0.2) is 4.79 Å². The van der Waals surface area contributed by atoms with E-state index in [0.29, 0.717) is 0 Å². The monoisotopic (exact) mass is 238 g/mol. The fourth-order valence-corrected chi connectivity index (χ4v) is 1.51. The summed E-state index contributed by atoms with van der Waals surface area (Å²) in [5.74, 6) is -4.42. The molecule has 0 aromatic rings. The fourth-order valence-electron chi connectivity index (χ4n) is 1.51. The molecule has 1 aliphatic rings. The smallest absolute Gasteiger partial charge is 0.364 e. The van der Waals surface area contributed by atoms with E-state index in [1.807, 2.05) is 0 Å².